The van der Waals surface area contributed by atoms with Gasteiger partial charge < -0.3 is 15.2 Å². The van der Waals surface area contributed by atoms with Gasteiger partial charge in [-0.3, -0.25) is 14.4 Å². The molecule has 0 saturated carbocycles. The number of nitrogens with one attached hydrogen (secondary N) is 1. The van der Waals surface area contributed by atoms with Gasteiger partial charge >= 0.3 is 11.9 Å². The van der Waals surface area contributed by atoms with E-state index < -0.39 is 5.97 Å². The van der Waals surface area contributed by atoms with Gasteiger partial charge in [-0.25, -0.2) is 0 Å². The molecule has 1 unspecified atom stereocenters. The smallest absolute Gasteiger partial charge is 0.322 e. The summed E-state index contributed by atoms with van der Waals surface area (Å²) < 4.78 is 6.01. The van der Waals surface area contributed by atoms with Crippen LogP contribution in [0.4, 0.5) is 0 Å². The predicted molar refractivity (Wildman–Crippen MR) is 203 cm³/mol. The average Bonchev–Trinajstić information content (AvgIpc) is 3.07. The van der Waals surface area contributed by atoms with E-state index in [9.17, 15) is 14.4 Å². The van der Waals surface area contributed by atoms with Gasteiger partial charge in [0.1, 0.15) is 12.6 Å². The van der Waals surface area contributed by atoms with Gasteiger partial charge in [0.25, 0.3) is 0 Å². The number of carboxylic acid groups (broad SMARTS) is 1. The number of hydrogen-bond donors (Lipinski definition) is 2. The van der Waals surface area contributed by atoms with Crippen molar-refractivity contribution in [2.75, 3.05) is 6.54 Å². The highest BCUT2D eigenvalue weighted by Crippen LogP contribution is 2.19. The van der Waals surface area contributed by atoms with Crippen molar-refractivity contribution < 1.29 is 24.2 Å². The standard InChI is InChI=1S/C42H79NO5/c1-3-5-7-9-11-13-15-16-17-18-20-21-23-26-30-34-39(35-31-27-25-28-32-36-40(44)43-38-41(45)46)48-42(47)37-33-29-24-22-19-14-12-10-8-6-4-2/h18,20,39H,3-17,19,21-38H2,1-2H3,(H,43,44)(H,45,46)/b20-18-. The lowest BCUT2D eigenvalue weighted by Gasteiger charge is -2.18. The third-order valence-corrected chi connectivity index (χ3v) is 9.44. The second-order valence-corrected chi connectivity index (χ2v) is 14.2. The SMILES string of the molecule is CCCCCCCCCC/C=C\CCCCCC(CCCCCCCC(=O)NCC(=O)O)OC(=O)CCCCCCCCCCCCC. The molecule has 0 aromatic carbocycles. The van der Waals surface area contributed by atoms with Gasteiger partial charge in [-0.1, -0.05) is 161 Å². The number of carbonyl (C=O) groups excluding carboxylic acids is 2. The molecule has 0 aliphatic carbocycles. The van der Waals surface area contributed by atoms with Crippen LogP contribution in [0.2, 0.25) is 0 Å². The molecule has 1 atom stereocenters. The van der Waals surface area contributed by atoms with E-state index in [-0.39, 0.29) is 24.5 Å². The molecule has 0 bridgehead atoms. The molecule has 0 radical (unpaired) electrons. The van der Waals surface area contributed by atoms with E-state index in [1.54, 1.807) is 0 Å². The van der Waals surface area contributed by atoms with Crippen molar-refractivity contribution in [3.8, 4) is 0 Å². The van der Waals surface area contributed by atoms with Crippen LogP contribution < -0.4 is 5.32 Å². The monoisotopic (exact) mass is 678 g/mol. The molecule has 0 saturated heterocycles. The number of unbranched alkanes of at least 4 members (excludes halogenated alkanes) is 25. The van der Waals surface area contributed by atoms with Gasteiger partial charge in [-0.05, 0) is 64.2 Å². The summed E-state index contributed by atoms with van der Waals surface area (Å²) in [5.41, 5.74) is 0. The number of allylic oxidation sites excluding steroid dienone is 2. The minimum Gasteiger partial charge on any atom is -0.480 e. The number of amides is 1. The van der Waals surface area contributed by atoms with Crippen LogP contribution >= 0.6 is 0 Å². The first-order valence-corrected chi connectivity index (χ1v) is 20.8. The van der Waals surface area contributed by atoms with Crippen LogP contribution in [0.3, 0.4) is 0 Å². The van der Waals surface area contributed by atoms with Gasteiger partial charge in [-0.15, -0.1) is 0 Å². The van der Waals surface area contributed by atoms with E-state index in [2.05, 4.69) is 31.3 Å². The number of carbonyl (C=O) groups is 3. The molecule has 2 N–H and O–H groups in total. The minimum absolute atomic E-state index is 0.0181. The Morgan fingerprint density at radius 3 is 1.35 bits per heavy atom. The van der Waals surface area contributed by atoms with Crippen LogP contribution in [-0.2, 0) is 19.1 Å². The molecule has 0 heterocycles. The zero-order valence-corrected chi connectivity index (χ0v) is 31.9. The van der Waals surface area contributed by atoms with Gasteiger partial charge in [0.15, 0.2) is 0 Å². The molecule has 0 fully saturated rings. The van der Waals surface area contributed by atoms with E-state index in [1.807, 2.05) is 0 Å². The zero-order valence-electron chi connectivity index (χ0n) is 31.9. The quantitative estimate of drug-likeness (QED) is 0.0385. The lowest BCUT2D eigenvalue weighted by molar-refractivity contribution is -0.150. The summed E-state index contributed by atoms with van der Waals surface area (Å²) in [5.74, 6) is -1.23. The first-order chi connectivity index (χ1) is 23.5. The number of rotatable bonds is 38. The Balaban J connectivity index is 4.19. The maximum Gasteiger partial charge on any atom is 0.322 e. The summed E-state index contributed by atoms with van der Waals surface area (Å²) in [7, 11) is 0. The molecular formula is C42H79NO5. The Kier molecular flexibility index (Phi) is 36.5. The Bertz CT molecular complexity index is 752. The summed E-state index contributed by atoms with van der Waals surface area (Å²) in [5, 5.41) is 11.1. The highest BCUT2D eigenvalue weighted by molar-refractivity contribution is 5.80. The predicted octanol–water partition coefficient (Wildman–Crippen LogP) is 12.6. The molecule has 0 rings (SSSR count). The maximum absolute atomic E-state index is 12.7. The average molecular weight is 678 g/mol. The molecule has 0 aromatic heterocycles. The number of carboxylic acids is 1. The minimum atomic E-state index is -1.02. The van der Waals surface area contributed by atoms with Crippen molar-refractivity contribution >= 4 is 17.8 Å². The maximum atomic E-state index is 12.7. The number of esters is 1. The van der Waals surface area contributed by atoms with Crippen LogP contribution in [-0.4, -0.2) is 35.6 Å². The first kappa shape index (κ1) is 46.1. The van der Waals surface area contributed by atoms with Gasteiger partial charge in [-0.2, -0.15) is 0 Å². The van der Waals surface area contributed by atoms with E-state index in [0.29, 0.717) is 12.8 Å². The van der Waals surface area contributed by atoms with Crippen LogP contribution in [0.25, 0.3) is 0 Å². The van der Waals surface area contributed by atoms with Crippen LogP contribution in [0, 0.1) is 0 Å². The van der Waals surface area contributed by atoms with Crippen LogP contribution in [0.15, 0.2) is 12.2 Å². The van der Waals surface area contributed by atoms with Crippen molar-refractivity contribution in [2.45, 2.75) is 232 Å². The van der Waals surface area contributed by atoms with Gasteiger partial charge in [0, 0.05) is 12.8 Å². The van der Waals surface area contributed by atoms with Crippen molar-refractivity contribution in [2.24, 2.45) is 0 Å². The number of ether oxygens (including phenoxy) is 1. The van der Waals surface area contributed by atoms with Gasteiger partial charge in [0.2, 0.25) is 5.91 Å². The molecule has 0 aromatic rings. The van der Waals surface area contributed by atoms with E-state index >= 15 is 0 Å². The Hall–Kier alpha value is -1.85. The lowest BCUT2D eigenvalue weighted by atomic mass is 10.0. The Morgan fingerprint density at radius 1 is 0.521 bits per heavy atom. The molecule has 0 aliphatic rings. The Labute approximate surface area is 297 Å². The highest BCUT2D eigenvalue weighted by atomic mass is 16.5. The summed E-state index contributed by atoms with van der Waals surface area (Å²) in [6, 6.07) is 0. The van der Waals surface area contributed by atoms with E-state index in [4.69, 9.17) is 9.84 Å². The fourth-order valence-corrected chi connectivity index (χ4v) is 6.33. The molecule has 0 aliphatic heterocycles. The summed E-state index contributed by atoms with van der Waals surface area (Å²) >= 11 is 0. The van der Waals surface area contributed by atoms with Crippen LogP contribution in [0.5, 0.6) is 0 Å². The third kappa shape index (κ3) is 37.0. The van der Waals surface area contributed by atoms with Crippen molar-refractivity contribution in [3.63, 3.8) is 0 Å². The fourth-order valence-electron chi connectivity index (χ4n) is 6.33. The largest absolute Gasteiger partial charge is 0.480 e. The van der Waals surface area contributed by atoms with Crippen LogP contribution in [0.1, 0.15) is 226 Å². The van der Waals surface area contributed by atoms with E-state index in [1.165, 1.54) is 128 Å². The number of aliphatic carboxylic acids is 1. The topological polar surface area (TPSA) is 92.7 Å². The van der Waals surface area contributed by atoms with E-state index in [0.717, 1.165) is 70.6 Å². The molecule has 6 heteroatoms. The van der Waals surface area contributed by atoms with Crippen molar-refractivity contribution in [1.82, 2.24) is 5.32 Å². The molecule has 48 heavy (non-hydrogen) atoms. The second-order valence-electron chi connectivity index (χ2n) is 14.2. The molecule has 282 valence electrons. The van der Waals surface area contributed by atoms with Gasteiger partial charge in [0.05, 0.1) is 0 Å². The lowest BCUT2D eigenvalue weighted by Crippen LogP contribution is -2.28. The number of hydrogen-bond acceptors (Lipinski definition) is 4. The molecular weight excluding hydrogens is 598 g/mol. The Morgan fingerprint density at radius 2 is 0.896 bits per heavy atom. The summed E-state index contributed by atoms with van der Waals surface area (Å²) in [6.07, 6.45) is 43.3. The van der Waals surface area contributed by atoms with Crippen molar-refractivity contribution in [1.29, 1.82) is 0 Å². The third-order valence-electron chi connectivity index (χ3n) is 9.44. The molecule has 0 spiro atoms. The summed E-state index contributed by atoms with van der Waals surface area (Å²) in [6.45, 7) is 4.23. The normalized spacial score (nSPS) is 12.0. The zero-order chi connectivity index (χ0) is 35.2. The highest BCUT2D eigenvalue weighted by Gasteiger charge is 2.14. The molecule has 6 nitrogen and oxygen atoms in total. The fraction of sp³-hybridized carbons (Fsp3) is 0.881. The second kappa shape index (κ2) is 38.0. The summed E-state index contributed by atoms with van der Waals surface area (Å²) in [4.78, 5) is 34.9. The first-order valence-electron chi connectivity index (χ1n) is 20.8. The van der Waals surface area contributed by atoms with Crippen molar-refractivity contribution in [3.05, 3.63) is 12.2 Å². The molecule has 1 amide bonds.